The topological polar surface area (TPSA) is 62.6 Å². The van der Waals surface area contributed by atoms with Crippen molar-refractivity contribution in [2.24, 2.45) is 0 Å². The van der Waals surface area contributed by atoms with E-state index in [1.807, 2.05) is 30.3 Å². The molecule has 1 fully saturated rings. The van der Waals surface area contributed by atoms with Gasteiger partial charge in [0.05, 0.1) is 12.0 Å². The van der Waals surface area contributed by atoms with Gasteiger partial charge in [-0.05, 0) is 42.8 Å². The third kappa shape index (κ3) is 4.35. The number of rotatable bonds is 6. The van der Waals surface area contributed by atoms with E-state index in [-0.39, 0.29) is 17.4 Å². The van der Waals surface area contributed by atoms with Crippen molar-refractivity contribution in [3.05, 3.63) is 78.0 Å². The minimum Gasteiger partial charge on any atom is -0.459 e. The molecular formula is C22H19FN2O3S. The summed E-state index contributed by atoms with van der Waals surface area (Å²) in [5.74, 6) is -0.293. The number of halogens is 1. The summed E-state index contributed by atoms with van der Waals surface area (Å²) in [5, 5.41) is 2.67. The highest BCUT2D eigenvalue weighted by atomic mass is 32.2. The molecule has 1 aliphatic rings. The van der Waals surface area contributed by atoms with Crippen molar-refractivity contribution in [3.63, 3.8) is 0 Å². The molecule has 2 amide bonds. The number of anilines is 2. The molecule has 1 aromatic heterocycles. The zero-order chi connectivity index (χ0) is 20.2. The second-order valence-corrected chi connectivity index (χ2v) is 7.69. The van der Waals surface area contributed by atoms with Gasteiger partial charge < -0.3 is 14.6 Å². The molecule has 148 valence electrons. The zero-order valence-corrected chi connectivity index (χ0v) is 16.4. The van der Waals surface area contributed by atoms with E-state index in [9.17, 15) is 14.0 Å². The number of furan rings is 1. The highest BCUT2D eigenvalue weighted by Gasteiger charge is 2.24. The molecule has 0 spiro atoms. The molecule has 0 atom stereocenters. The van der Waals surface area contributed by atoms with Crippen LogP contribution in [0.15, 0.2) is 70.2 Å². The van der Waals surface area contributed by atoms with E-state index in [1.165, 1.54) is 23.3 Å². The normalized spacial score (nSPS) is 13.7. The van der Waals surface area contributed by atoms with Gasteiger partial charge in [0.2, 0.25) is 5.91 Å². The lowest BCUT2D eigenvalue weighted by Gasteiger charge is -2.17. The molecule has 1 saturated heterocycles. The van der Waals surface area contributed by atoms with Crippen LogP contribution >= 0.6 is 11.8 Å². The highest BCUT2D eigenvalue weighted by Crippen LogP contribution is 2.28. The maximum absolute atomic E-state index is 14.5. The van der Waals surface area contributed by atoms with Gasteiger partial charge in [-0.15, -0.1) is 11.8 Å². The van der Waals surface area contributed by atoms with Crippen LogP contribution in [0.1, 0.15) is 29.0 Å². The van der Waals surface area contributed by atoms with Crippen molar-refractivity contribution in [3.8, 4) is 0 Å². The standard InChI is InChI=1S/C22H19FN2O3S/c23-18-13-16(8-9-19(18)25-11-4-7-20(25)26)24-22(27)21-15(10-12-28-21)14-29-17-5-2-1-3-6-17/h1-3,5-6,8-10,12-13H,4,7,11,14H2,(H,24,27). The SMILES string of the molecule is O=C(Nc1ccc(N2CCCC2=O)c(F)c1)c1occc1CSc1ccccc1. The molecule has 29 heavy (non-hydrogen) atoms. The first-order chi connectivity index (χ1) is 14.1. The second kappa shape index (κ2) is 8.53. The maximum atomic E-state index is 14.5. The summed E-state index contributed by atoms with van der Waals surface area (Å²) in [4.78, 5) is 27.0. The van der Waals surface area contributed by atoms with E-state index in [4.69, 9.17) is 4.42 Å². The Kier molecular flexibility index (Phi) is 5.67. The minimum absolute atomic E-state index is 0.0863. The first-order valence-electron chi connectivity index (χ1n) is 9.27. The van der Waals surface area contributed by atoms with E-state index in [1.54, 1.807) is 23.9 Å². The van der Waals surface area contributed by atoms with E-state index < -0.39 is 11.7 Å². The zero-order valence-electron chi connectivity index (χ0n) is 15.6. The lowest BCUT2D eigenvalue weighted by atomic mass is 10.2. The third-order valence-corrected chi connectivity index (χ3v) is 5.72. The number of hydrogen-bond acceptors (Lipinski definition) is 4. The van der Waals surface area contributed by atoms with Crippen LogP contribution in [0.5, 0.6) is 0 Å². The molecule has 1 N–H and O–H groups in total. The average Bonchev–Trinajstić information content (AvgIpc) is 3.36. The van der Waals surface area contributed by atoms with E-state index in [0.29, 0.717) is 24.4 Å². The smallest absolute Gasteiger partial charge is 0.291 e. The summed E-state index contributed by atoms with van der Waals surface area (Å²) in [5.41, 5.74) is 1.31. The van der Waals surface area contributed by atoms with Crippen LogP contribution in [-0.4, -0.2) is 18.4 Å². The van der Waals surface area contributed by atoms with Crippen LogP contribution in [-0.2, 0) is 10.5 Å². The van der Waals surface area contributed by atoms with Gasteiger partial charge in [-0.2, -0.15) is 0 Å². The Bertz CT molecular complexity index is 1040. The summed E-state index contributed by atoms with van der Waals surface area (Å²) < 4.78 is 19.8. The Morgan fingerprint density at radius 3 is 2.72 bits per heavy atom. The lowest BCUT2D eigenvalue weighted by molar-refractivity contribution is -0.117. The molecule has 3 aromatic rings. The van der Waals surface area contributed by atoms with Crippen molar-refractivity contribution in [2.45, 2.75) is 23.5 Å². The molecule has 0 aliphatic carbocycles. The van der Waals surface area contributed by atoms with E-state index in [0.717, 1.165) is 16.9 Å². The number of nitrogens with one attached hydrogen (secondary N) is 1. The maximum Gasteiger partial charge on any atom is 0.291 e. The van der Waals surface area contributed by atoms with Crippen molar-refractivity contribution in [2.75, 3.05) is 16.8 Å². The highest BCUT2D eigenvalue weighted by molar-refractivity contribution is 7.98. The van der Waals surface area contributed by atoms with Gasteiger partial charge in [-0.1, -0.05) is 18.2 Å². The average molecular weight is 410 g/mol. The van der Waals surface area contributed by atoms with Crippen LogP contribution in [0.25, 0.3) is 0 Å². The predicted molar refractivity (Wildman–Crippen MR) is 111 cm³/mol. The molecule has 0 radical (unpaired) electrons. The monoisotopic (exact) mass is 410 g/mol. The number of nitrogens with zero attached hydrogens (tertiary/aromatic N) is 1. The van der Waals surface area contributed by atoms with Gasteiger partial charge in [-0.25, -0.2) is 4.39 Å². The summed E-state index contributed by atoms with van der Waals surface area (Å²) in [6.45, 7) is 0.510. The molecule has 0 saturated carbocycles. The summed E-state index contributed by atoms with van der Waals surface area (Å²) in [7, 11) is 0. The quantitative estimate of drug-likeness (QED) is 0.575. The first kappa shape index (κ1) is 19.3. The Hall–Kier alpha value is -3.06. The molecule has 7 heteroatoms. The van der Waals surface area contributed by atoms with Crippen molar-refractivity contribution in [1.29, 1.82) is 0 Å². The Labute approximate surface area is 171 Å². The van der Waals surface area contributed by atoms with Gasteiger partial charge in [0.25, 0.3) is 5.91 Å². The summed E-state index contributed by atoms with van der Waals surface area (Å²) in [6.07, 6.45) is 2.62. The predicted octanol–water partition coefficient (Wildman–Crippen LogP) is 5.09. The fraction of sp³-hybridized carbons (Fsp3) is 0.182. The minimum atomic E-state index is -0.544. The van der Waals surface area contributed by atoms with Crippen LogP contribution in [0, 0.1) is 5.82 Å². The van der Waals surface area contributed by atoms with Gasteiger partial charge in [-0.3, -0.25) is 9.59 Å². The lowest BCUT2D eigenvalue weighted by Crippen LogP contribution is -2.24. The van der Waals surface area contributed by atoms with Crippen LogP contribution in [0.4, 0.5) is 15.8 Å². The molecule has 4 rings (SSSR count). The van der Waals surface area contributed by atoms with Crippen molar-refractivity contribution in [1.82, 2.24) is 0 Å². The fourth-order valence-corrected chi connectivity index (χ4v) is 4.12. The fourth-order valence-electron chi connectivity index (χ4n) is 3.22. The molecule has 0 unspecified atom stereocenters. The number of hydrogen-bond donors (Lipinski definition) is 1. The number of benzene rings is 2. The Morgan fingerprint density at radius 2 is 2.00 bits per heavy atom. The van der Waals surface area contributed by atoms with Gasteiger partial charge >= 0.3 is 0 Å². The number of amides is 2. The third-order valence-electron chi connectivity index (χ3n) is 4.66. The molecule has 2 aromatic carbocycles. The van der Waals surface area contributed by atoms with Crippen LogP contribution < -0.4 is 10.2 Å². The Balaban J connectivity index is 1.44. The first-order valence-corrected chi connectivity index (χ1v) is 10.3. The van der Waals surface area contributed by atoms with E-state index in [2.05, 4.69) is 5.32 Å². The molecule has 2 heterocycles. The van der Waals surface area contributed by atoms with Crippen molar-refractivity contribution < 1.29 is 18.4 Å². The number of carbonyl (C=O) groups is 2. The van der Waals surface area contributed by atoms with Crippen LogP contribution in [0.3, 0.4) is 0 Å². The van der Waals surface area contributed by atoms with Gasteiger partial charge in [0.15, 0.2) is 5.76 Å². The second-order valence-electron chi connectivity index (χ2n) is 6.65. The largest absolute Gasteiger partial charge is 0.459 e. The number of thioether (sulfide) groups is 1. The number of carbonyl (C=O) groups excluding carboxylic acids is 2. The molecule has 0 bridgehead atoms. The molecule has 5 nitrogen and oxygen atoms in total. The molecular weight excluding hydrogens is 391 g/mol. The van der Waals surface area contributed by atoms with Crippen molar-refractivity contribution >= 4 is 35.0 Å². The molecule has 1 aliphatic heterocycles. The van der Waals surface area contributed by atoms with Crippen LogP contribution in [0.2, 0.25) is 0 Å². The van der Waals surface area contributed by atoms with Gasteiger partial charge in [0, 0.05) is 34.9 Å². The van der Waals surface area contributed by atoms with Gasteiger partial charge in [0.1, 0.15) is 5.82 Å². The van der Waals surface area contributed by atoms with E-state index >= 15 is 0 Å². The Morgan fingerprint density at radius 1 is 1.17 bits per heavy atom. The summed E-state index contributed by atoms with van der Waals surface area (Å²) >= 11 is 1.60. The summed E-state index contributed by atoms with van der Waals surface area (Å²) in [6, 6.07) is 15.9.